The quantitative estimate of drug-likeness (QED) is 0.0217. The van der Waals surface area contributed by atoms with Crippen molar-refractivity contribution in [3.63, 3.8) is 0 Å². The van der Waals surface area contributed by atoms with Crippen molar-refractivity contribution in [3.05, 3.63) is 35.4 Å². The van der Waals surface area contributed by atoms with Gasteiger partial charge in [0.1, 0.15) is 159 Å². The first-order valence-electron chi connectivity index (χ1n) is 48.0. The molecule has 11 saturated heterocycles. The molecule has 0 spiro atoms. The zero-order valence-electron chi connectivity index (χ0n) is 82.2. The third-order valence-corrected chi connectivity index (χ3v) is 30.4. The number of nitrogens with zero attached hydrogens (tertiary/aromatic N) is 1. The normalized spacial score (nSPS) is 48.8. The number of fused-ring (bicyclic) bond motifs is 1. The molecule has 1 aromatic rings. The predicted octanol–water partition coefficient (Wildman–Crippen LogP) is -4.52. The molecule has 0 radical (unpaired) electrons. The van der Waals surface area contributed by atoms with Crippen molar-refractivity contribution in [1.29, 1.82) is 0 Å². The Morgan fingerprint density at radius 1 is 0.264 bits per heavy atom. The summed E-state index contributed by atoms with van der Waals surface area (Å²) in [6, 6.07) is 6.29. The van der Waals surface area contributed by atoms with Gasteiger partial charge < -0.3 is 214 Å². The monoisotopic (exact) mass is 2020 g/mol. The highest BCUT2D eigenvalue weighted by molar-refractivity contribution is 6.21. The molecule has 48 heteroatoms. The van der Waals surface area contributed by atoms with Gasteiger partial charge in [-0.25, -0.2) is 0 Å². The van der Waals surface area contributed by atoms with Gasteiger partial charge in [0.25, 0.3) is 18.3 Å². The molecule has 11 fully saturated rings. The maximum absolute atomic E-state index is 14.2. The Morgan fingerprint density at radius 2 is 0.557 bits per heavy atom. The molecule has 140 heavy (non-hydrogen) atoms. The highest BCUT2D eigenvalue weighted by Crippen LogP contribution is 2.48. The van der Waals surface area contributed by atoms with Gasteiger partial charge in [-0.3, -0.25) is 19.3 Å². The lowest BCUT2D eigenvalue weighted by atomic mass is 9.83. The number of hydrogen-bond donors (Lipinski definition) is 14. The zero-order valence-corrected chi connectivity index (χ0v) is 82.2. The van der Waals surface area contributed by atoms with E-state index in [9.17, 15) is 85.9 Å². The molecule has 12 aliphatic heterocycles. The summed E-state index contributed by atoms with van der Waals surface area (Å²) in [5, 5.41) is 154. The van der Waals surface area contributed by atoms with Gasteiger partial charge in [0.05, 0.1) is 113 Å². The van der Waals surface area contributed by atoms with Crippen molar-refractivity contribution in [2.75, 3.05) is 116 Å². The van der Waals surface area contributed by atoms with E-state index >= 15 is 0 Å². The van der Waals surface area contributed by atoms with Crippen LogP contribution in [0.5, 0.6) is 0 Å². The van der Waals surface area contributed by atoms with Crippen molar-refractivity contribution in [1.82, 2.24) is 4.90 Å². The van der Waals surface area contributed by atoms with Gasteiger partial charge in [-0.1, -0.05) is 81.4 Å². The van der Waals surface area contributed by atoms with Crippen LogP contribution in [0.25, 0.3) is 0 Å². The second-order valence-corrected chi connectivity index (χ2v) is 38.8. The van der Waals surface area contributed by atoms with E-state index in [-0.39, 0.29) is 43.3 Å². The molecule has 2 amide bonds. The van der Waals surface area contributed by atoms with E-state index < -0.39 is 382 Å². The van der Waals surface area contributed by atoms with Crippen LogP contribution in [0.4, 0.5) is 0 Å². The minimum absolute atomic E-state index is 0.00391. The molecular weight excluding hydrogens is 1870 g/mol. The molecule has 55 atom stereocenters. The van der Waals surface area contributed by atoms with Gasteiger partial charge in [-0.15, -0.1) is 0 Å². The largest absolute Gasteiger partial charge is 0.435 e. The van der Waals surface area contributed by atoms with Gasteiger partial charge in [0, 0.05) is 98.3 Å². The lowest BCUT2D eigenvalue weighted by Crippen LogP contribution is -2.66. The van der Waals surface area contributed by atoms with E-state index in [4.69, 9.17) is 142 Å². The molecule has 13 rings (SSSR count). The van der Waals surface area contributed by atoms with Crippen molar-refractivity contribution in [2.24, 2.45) is 59.2 Å². The standard InChI is InChI=1S/C92H149NO47/c1-34-37(4)81(121-47(24-93-79(109)45-22-20-21-23-46(45)80(93)110)65(34)132-87-63(107)59(103)77(51(28-97)125-87)138-86-61(105)57(101)56(100)48(25-94)122-86)130-68-40(7)72(116-17)91(129-54(68)31-112-13)134-67-36(3)39(6)83(127-53(67)30-111-12)131-69-41(8)71(115-16)90(128-55(69)32-113-14)133-66-35(2)38(5)82(123-49(66)26-95)135-74-42(9)73(117-18)92(140-89(74)119-33-99)139-78-52(29-98)126-88(64(108)60(78)104)136-75-44(11)120-84(43(10)70(75)114-15)137-76-50(27-96)124-85(118-19)62(106)58(76)102/h20-23,33-44,47-78,81-92,94-98,100-108H,24-32H2,1-19H3/t34-,35-,36?,37?,38?,39?,40+,41?,42-,43?,44+,47?,48-,49?,50?,51-,52-,53-,54?,55-,56-,57?,58-,59?,60?,61?,62?,63?,64?,65-,66-,67+,68-,69+,70?,71?,72?,73?,74-,75-,76+,77-,78-,81+,82+,83-,84-,85-,86-,87-,88-,89?,90-,91+,92-/m1/s1. The Labute approximate surface area is 812 Å². The maximum Gasteiger partial charge on any atom is 0.295 e. The van der Waals surface area contributed by atoms with E-state index in [0.29, 0.717) is 0 Å². The number of hydrogen-bond acceptors (Lipinski definition) is 47. The SMILES string of the molecule is COCC1O[C@@H](O[C@H]2C(C)C(C)[C@@H](O[C@H]3C(C)C(OC)[C@@H](O[C@H]4C(CO)O[C@@H](O[C@H]5C(OC=O)O[C@@H](O[C@H]6C(O)C(O)[C@@H](O[C@H]7C(OC)C(C)[C@@H](O[C@H]8C(CO)O[C@@H](OC)C(O)[C@H]8O)O[C@H]7C)O[C@@H]6CO)C(OC)[C@H]5C)C(C)[C@H]4C)O[C@@H]3COC)O[C@@H]2COC)C(OC)[C@@H](C)[C@H]1O[C@@H]1OC(CN2C(=O)c3ccccc3C2=O)[C@H](O[C@H]2O[C@H](CO)[C@@H](O[C@H]3O[C@H](CO)[C@@H](O)C(O)C3O)C(O)C2O)[C@H](C)C1C. The minimum atomic E-state index is -1.96. The van der Waals surface area contributed by atoms with Crippen molar-refractivity contribution in [3.8, 4) is 0 Å². The first-order valence-corrected chi connectivity index (χ1v) is 48.0. The van der Waals surface area contributed by atoms with Gasteiger partial charge in [0.2, 0.25) is 6.29 Å². The summed E-state index contributed by atoms with van der Waals surface area (Å²) in [6.07, 6.45) is -58.4. The van der Waals surface area contributed by atoms with Crippen LogP contribution in [0, 0.1) is 59.2 Å². The number of aliphatic hydroxyl groups excluding tert-OH is 14. The van der Waals surface area contributed by atoms with Gasteiger partial charge >= 0.3 is 0 Å². The molecular formula is C92H149NO47. The van der Waals surface area contributed by atoms with E-state index in [0.717, 1.165) is 4.90 Å². The summed E-state index contributed by atoms with van der Waals surface area (Å²) >= 11 is 0. The first-order chi connectivity index (χ1) is 66.9. The van der Waals surface area contributed by atoms with Crippen LogP contribution in [0.1, 0.15) is 96.9 Å². The molecule has 48 nitrogen and oxygen atoms in total. The maximum atomic E-state index is 14.2. The summed E-state index contributed by atoms with van der Waals surface area (Å²) in [5.74, 6) is -6.94. The van der Waals surface area contributed by atoms with Crippen LogP contribution in [-0.2, 0) is 147 Å². The number of carbonyl (C=O) groups excluding carboxylic acids is 3. The number of rotatable bonds is 40. The topological polar surface area (TPSA) is 615 Å². The molecule has 14 N–H and O–H groups in total. The molecule has 0 aliphatic carbocycles. The second kappa shape index (κ2) is 50.2. The van der Waals surface area contributed by atoms with Crippen LogP contribution >= 0.6 is 0 Å². The summed E-state index contributed by atoms with van der Waals surface area (Å²) < 4.78 is 189. The fourth-order valence-corrected chi connectivity index (χ4v) is 21.5. The zero-order chi connectivity index (χ0) is 102. The molecule has 0 bridgehead atoms. The molecule has 22 unspecified atom stereocenters. The Balaban J connectivity index is 0.631. The average Bonchev–Trinajstić information content (AvgIpc) is 1.28. The van der Waals surface area contributed by atoms with Crippen LogP contribution in [0.3, 0.4) is 0 Å². The Morgan fingerprint density at radius 3 is 0.971 bits per heavy atom. The predicted molar refractivity (Wildman–Crippen MR) is 466 cm³/mol. The summed E-state index contributed by atoms with van der Waals surface area (Å²) in [4.78, 5) is 41.8. The number of aliphatic hydroxyl groups is 14. The number of amides is 2. The first kappa shape index (κ1) is 113. The minimum Gasteiger partial charge on any atom is -0.435 e. The third-order valence-electron chi connectivity index (χ3n) is 30.4. The molecule has 804 valence electrons. The fourth-order valence-electron chi connectivity index (χ4n) is 21.5. The van der Waals surface area contributed by atoms with E-state index in [1.165, 1.54) is 69.0 Å². The summed E-state index contributed by atoms with van der Waals surface area (Å²) in [7, 11) is 11.6. The van der Waals surface area contributed by atoms with Crippen LogP contribution in [0.15, 0.2) is 24.3 Å². The fraction of sp³-hybridized carbons (Fsp3) is 0.902. The third kappa shape index (κ3) is 23.3. The van der Waals surface area contributed by atoms with Crippen molar-refractivity contribution >= 4 is 18.3 Å². The lowest BCUT2D eigenvalue weighted by molar-refractivity contribution is -0.401. The number of ether oxygens (including phenoxy) is 30. The highest BCUT2D eigenvalue weighted by atomic mass is 16.8. The molecule has 1 aromatic carbocycles. The van der Waals surface area contributed by atoms with Crippen molar-refractivity contribution in [2.45, 2.75) is 353 Å². The Kier molecular flexibility index (Phi) is 40.6. The number of methoxy groups -OCH3 is 8. The smallest absolute Gasteiger partial charge is 0.295 e. The molecule has 0 saturated carbocycles. The van der Waals surface area contributed by atoms with Crippen LogP contribution in [-0.4, -0.2) is 488 Å². The van der Waals surface area contributed by atoms with Gasteiger partial charge in [0.15, 0.2) is 69.2 Å². The molecule has 0 aromatic heterocycles. The van der Waals surface area contributed by atoms with Crippen LogP contribution in [0.2, 0.25) is 0 Å². The van der Waals surface area contributed by atoms with E-state index in [1.54, 1.807) is 39.8 Å². The van der Waals surface area contributed by atoms with Gasteiger partial charge in [-0.2, -0.15) is 0 Å². The van der Waals surface area contributed by atoms with Crippen molar-refractivity contribution < 1.29 is 228 Å². The molecule has 12 heterocycles. The van der Waals surface area contributed by atoms with E-state index in [1.807, 2.05) is 48.5 Å². The molecule has 12 aliphatic rings. The van der Waals surface area contributed by atoms with Crippen LogP contribution < -0.4 is 0 Å². The Hall–Kier alpha value is -3.89. The average molecular weight is 2020 g/mol. The second-order valence-electron chi connectivity index (χ2n) is 38.8. The van der Waals surface area contributed by atoms with E-state index in [2.05, 4.69) is 0 Å². The summed E-state index contributed by atoms with van der Waals surface area (Å²) in [6.45, 7) is 16.2. The number of benzene rings is 1. The number of carbonyl (C=O) groups is 3. The highest BCUT2D eigenvalue weighted by Gasteiger charge is 2.62. The van der Waals surface area contributed by atoms with Gasteiger partial charge in [-0.05, 0) is 36.8 Å². The lowest BCUT2D eigenvalue weighted by Gasteiger charge is -2.52. The summed E-state index contributed by atoms with van der Waals surface area (Å²) in [5.41, 5.74) is 0.300. The Bertz CT molecular complexity index is 3930. The number of imide groups is 1.